The van der Waals surface area contributed by atoms with E-state index in [1.165, 1.54) is 6.07 Å². The number of benzene rings is 1. The second-order valence-electron chi connectivity index (χ2n) is 6.44. The van der Waals surface area contributed by atoms with Gasteiger partial charge in [-0.3, -0.25) is 4.79 Å². The van der Waals surface area contributed by atoms with Crippen LogP contribution in [0.2, 0.25) is 0 Å². The standard InChI is InChI=1S/C19H19FN4O/c1-11-3-4-13(9-15(11)20)22-17-5-7-21-19-18(17)14-10-24(12(2)25)8-6-16(14)23-19/h3-5,7,9H,6,8,10H2,1-2H3,(H2,21,22,23). The topological polar surface area (TPSA) is 61.0 Å². The van der Waals surface area contributed by atoms with Crippen molar-refractivity contribution in [2.24, 2.45) is 0 Å². The van der Waals surface area contributed by atoms with Crippen LogP contribution >= 0.6 is 0 Å². The summed E-state index contributed by atoms with van der Waals surface area (Å²) in [7, 11) is 0. The van der Waals surface area contributed by atoms with Gasteiger partial charge in [0.05, 0.1) is 5.69 Å². The third-order valence-electron chi connectivity index (χ3n) is 4.76. The minimum atomic E-state index is -0.242. The summed E-state index contributed by atoms with van der Waals surface area (Å²) < 4.78 is 13.8. The summed E-state index contributed by atoms with van der Waals surface area (Å²) in [4.78, 5) is 21.4. The second kappa shape index (κ2) is 5.88. The molecule has 25 heavy (non-hydrogen) atoms. The lowest BCUT2D eigenvalue weighted by Gasteiger charge is -2.26. The van der Waals surface area contributed by atoms with Crippen LogP contribution in [0.25, 0.3) is 11.0 Å². The normalized spacial score (nSPS) is 13.8. The summed E-state index contributed by atoms with van der Waals surface area (Å²) in [5, 5.41) is 4.25. The monoisotopic (exact) mass is 338 g/mol. The zero-order valence-corrected chi connectivity index (χ0v) is 14.2. The highest BCUT2D eigenvalue weighted by Crippen LogP contribution is 2.33. The minimum Gasteiger partial charge on any atom is -0.355 e. The fraction of sp³-hybridized carbons (Fsp3) is 0.263. The lowest BCUT2D eigenvalue weighted by atomic mass is 10.0. The Balaban J connectivity index is 1.78. The van der Waals surface area contributed by atoms with Gasteiger partial charge in [-0.2, -0.15) is 0 Å². The molecule has 0 unspecified atom stereocenters. The number of halogens is 1. The van der Waals surface area contributed by atoms with Gasteiger partial charge in [0.25, 0.3) is 0 Å². The van der Waals surface area contributed by atoms with Crippen molar-refractivity contribution >= 4 is 28.3 Å². The van der Waals surface area contributed by atoms with E-state index in [1.54, 1.807) is 26.1 Å². The lowest BCUT2D eigenvalue weighted by molar-refractivity contribution is -0.129. The molecule has 0 fully saturated rings. The van der Waals surface area contributed by atoms with E-state index in [0.29, 0.717) is 24.3 Å². The first kappa shape index (κ1) is 15.6. The molecule has 2 N–H and O–H groups in total. The molecule has 0 saturated heterocycles. The van der Waals surface area contributed by atoms with Gasteiger partial charge in [0.15, 0.2) is 0 Å². The highest BCUT2D eigenvalue weighted by molar-refractivity contribution is 5.95. The fourth-order valence-electron chi connectivity index (χ4n) is 3.33. The van der Waals surface area contributed by atoms with Crippen LogP contribution in [0.4, 0.5) is 15.8 Å². The first-order valence-corrected chi connectivity index (χ1v) is 8.30. The number of nitrogens with zero attached hydrogens (tertiary/aromatic N) is 2. The smallest absolute Gasteiger partial charge is 0.219 e. The molecular weight excluding hydrogens is 319 g/mol. The zero-order chi connectivity index (χ0) is 17.6. The van der Waals surface area contributed by atoms with Crippen molar-refractivity contribution in [3.05, 3.63) is 53.1 Å². The number of aryl methyl sites for hydroxylation is 1. The van der Waals surface area contributed by atoms with E-state index in [-0.39, 0.29) is 11.7 Å². The average molecular weight is 338 g/mol. The van der Waals surface area contributed by atoms with Gasteiger partial charge in [-0.15, -0.1) is 0 Å². The van der Waals surface area contributed by atoms with Gasteiger partial charge < -0.3 is 15.2 Å². The van der Waals surface area contributed by atoms with Crippen molar-refractivity contribution in [2.45, 2.75) is 26.8 Å². The van der Waals surface area contributed by atoms with Gasteiger partial charge in [0, 0.05) is 55.0 Å². The van der Waals surface area contributed by atoms with Crippen molar-refractivity contribution in [3.8, 4) is 0 Å². The van der Waals surface area contributed by atoms with Gasteiger partial charge in [0.1, 0.15) is 11.5 Å². The molecule has 3 aromatic rings. The number of H-pyrrole nitrogens is 1. The Hall–Kier alpha value is -2.89. The molecular formula is C19H19FN4O. The highest BCUT2D eigenvalue weighted by atomic mass is 19.1. The van der Waals surface area contributed by atoms with E-state index < -0.39 is 0 Å². The number of amides is 1. The molecule has 0 aliphatic carbocycles. The number of pyridine rings is 1. The minimum absolute atomic E-state index is 0.0685. The molecule has 0 bridgehead atoms. The van der Waals surface area contributed by atoms with Gasteiger partial charge in [0.2, 0.25) is 5.91 Å². The van der Waals surface area contributed by atoms with Gasteiger partial charge in [-0.05, 0) is 30.7 Å². The van der Waals surface area contributed by atoms with E-state index >= 15 is 0 Å². The maximum atomic E-state index is 13.8. The van der Waals surface area contributed by atoms with Crippen molar-refractivity contribution in [3.63, 3.8) is 0 Å². The Morgan fingerprint density at radius 3 is 2.96 bits per heavy atom. The molecule has 1 aliphatic heterocycles. The summed E-state index contributed by atoms with van der Waals surface area (Å²) >= 11 is 0. The fourth-order valence-corrected chi connectivity index (χ4v) is 3.33. The molecule has 4 rings (SSSR count). The predicted octanol–water partition coefficient (Wildman–Crippen LogP) is 3.66. The van der Waals surface area contributed by atoms with E-state index in [2.05, 4.69) is 15.3 Å². The van der Waals surface area contributed by atoms with Crippen molar-refractivity contribution in [2.75, 3.05) is 11.9 Å². The number of rotatable bonds is 2. The molecule has 2 aromatic heterocycles. The van der Waals surface area contributed by atoms with Crippen molar-refractivity contribution in [1.82, 2.24) is 14.9 Å². The second-order valence-corrected chi connectivity index (χ2v) is 6.44. The maximum Gasteiger partial charge on any atom is 0.219 e. The SMILES string of the molecule is CC(=O)N1CCc2[nH]c3nccc(Nc4ccc(C)c(F)c4)c3c2C1. The summed E-state index contributed by atoms with van der Waals surface area (Å²) in [5.41, 5.74) is 5.14. The molecule has 0 saturated carbocycles. The predicted molar refractivity (Wildman–Crippen MR) is 95.3 cm³/mol. The molecule has 0 radical (unpaired) electrons. The number of carbonyl (C=O) groups is 1. The summed E-state index contributed by atoms with van der Waals surface area (Å²) in [6.45, 7) is 4.60. The van der Waals surface area contributed by atoms with Crippen LogP contribution in [0.15, 0.2) is 30.5 Å². The van der Waals surface area contributed by atoms with Crippen LogP contribution in [0.1, 0.15) is 23.7 Å². The van der Waals surface area contributed by atoms with Gasteiger partial charge in [-0.1, -0.05) is 6.07 Å². The summed E-state index contributed by atoms with van der Waals surface area (Å²) in [6, 6.07) is 6.97. The number of anilines is 2. The molecule has 6 heteroatoms. The average Bonchev–Trinajstić information content (AvgIpc) is 2.96. The third-order valence-corrected chi connectivity index (χ3v) is 4.76. The summed E-state index contributed by atoms with van der Waals surface area (Å²) in [5.74, 6) is -0.173. The molecule has 1 aliphatic rings. The van der Waals surface area contributed by atoms with Crippen LogP contribution in [0.3, 0.4) is 0 Å². The quantitative estimate of drug-likeness (QED) is 0.750. The number of carbonyl (C=O) groups excluding carboxylic acids is 1. The number of nitrogens with one attached hydrogen (secondary N) is 2. The van der Waals surface area contributed by atoms with E-state index in [9.17, 15) is 9.18 Å². The van der Waals surface area contributed by atoms with E-state index in [0.717, 1.165) is 34.4 Å². The highest BCUT2D eigenvalue weighted by Gasteiger charge is 2.24. The van der Waals surface area contributed by atoms with Crippen LogP contribution in [0, 0.1) is 12.7 Å². The zero-order valence-electron chi connectivity index (χ0n) is 14.2. The number of aromatic amines is 1. The van der Waals surface area contributed by atoms with E-state index in [1.807, 2.05) is 17.0 Å². The Labute approximate surface area is 144 Å². The number of hydrogen-bond donors (Lipinski definition) is 2. The maximum absolute atomic E-state index is 13.8. The lowest BCUT2D eigenvalue weighted by Crippen LogP contribution is -2.33. The summed E-state index contributed by atoms with van der Waals surface area (Å²) in [6.07, 6.45) is 2.50. The van der Waals surface area contributed by atoms with Gasteiger partial charge >= 0.3 is 0 Å². The molecule has 1 aromatic carbocycles. The van der Waals surface area contributed by atoms with Crippen LogP contribution in [-0.4, -0.2) is 27.3 Å². The largest absolute Gasteiger partial charge is 0.355 e. The Morgan fingerprint density at radius 2 is 2.20 bits per heavy atom. The number of fused-ring (bicyclic) bond motifs is 3. The number of hydrogen-bond acceptors (Lipinski definition) is 3. The van der Waals surface area contributed by atoms with Crippen LogP contribution in [0.5, 0.6) is 0 Å². The third kappa shape index (κ3) is 2.73. The Kier molecular flexibility index (Phi) is 3.67. The van der Waals surface area contributed by atoms with Crippen molar-refractivity contribution < 1.29 is 9.18 Å². The van der Waals surface area contributed by atoms with Crippen LogP contribution in [-0.2, 0) is 17.8 Å². The molecule has 3 heterocycles. The molecule has 0 atom stereocenters. The molecule has 1 amide bonds. The van der Waals surface area contributed by atoms with E-state index in [4.69, 9.17) is 0 Å². The van der Waals surface area contributed by atoms with Crippen LogP contribution < -0.4 is 5.32 Å². The van der Waals surface area contributed by atoms with Gasteiger partial charge in [-0.25, -0.2) is 9.37 Å². The first-order valence-electron chi connectivity index (χ1n) is 8.30. The number of aromatic nitrogens is 2. The molecule has 128 valence electrons. The molecule has 5 nitrogen and oxygen atoms in total. The Morgan fingerprint density at radius 1 is 1.36 bits per heavy atom. The Bertz CT molecular complexity index is 979. The molecule has 0 spiro atoms. The van der Waals surface area contributed by atoms with Crippen molar-refractivity contribution in [1.29, 1.82) is 0 Å². The first-order chi connectivity index (χ1) is 12.0.